The van der Waals surface area contributed by atoms with Crippen molar-refractivity contribution in [2.45, 2.75) is 19.4 Å². The molecule has 0 amide bonds. The molecule has 16 heavy (non-hydrogen) atoms. The Morgan fingerprint density at radius 1 is 1.38 bits per heavy atom. The summed E-state index contributed by atoms with van der Waals surface area (Å²) in [6, 6.07) is 10.8. The lowest BCUT2D eigenvalue weighted by Crippen LogP contribution is -2.32. The monoisotopic (exact) mass is 278 g/mol. The van der Waals surface area contributed by atoms with Gasteiger partial charge in [-0.25, -0.2) is 0 Å². The van der Waals surface area contributed by atoms with Crippen molar-refractivity contribution in [1.82, 2.24) is 4.90 Å². The lowest BCUT2D eigenvalue weighted by molar-refractivity contribution is 0.198. The predicted molar refractivity (Wildman–Crippen MR) is 67.8 cm³/mol. The quantitative estimate of drug-likeness (QED) is 0.831. The van der Waals surface area contributed by atoms with Crippen molar-refractivity contribution in [2.24, 2.45) is 5.92 Å². The molecule has 1 saturated heterocycles. The van der Waals surface area contributed by atoms with Gasteiger partial charge in [0.15, 0.2) is 0 Å². The van der Waals surface area contributed by atoms with Gasteiger partial charge in [0.2, 0.25) is 0 Å². The summed E-state index contributed by atoms with van der Waals surface area (Å²) in [7, 11) is 0. The van der Waals surface area contributed by atoms with E-state index in [9.17, 15) is 0 Å². The highest BCUT2D eigenvalue weighted by atomic mass is 79.9. The van der Waals surface area contributed by atoms with Gasteiger partial charge in [-0.15, -0.1) is 0 Å². The maximum absolute atomic E-state index is 8.83. The number of halogens is 1. The summed E-state index contributed by atoms with van der Waals surface area (Å²) in [6.45, 7) is 3.09. The third kappa shape index (κ3) is 3.07. The van der Waals surface area contributed by atoms with Crippen LogP contribution in [0.2, 0.25) is 0 Å². The van der Waals surface area contributed by atoms with Crippen LogP contribution in [0.15, 0.2) is 28.7 Å². The molecule has 0 unspecified atom stereocenters. The third-order valence-corrected chi connectivity index (χ3v) is 3.56. The maximum Gasteiger partial charge on any atom is 0.0656 e. The number of nitriles is 1. The van der Waals surface area contributed by atoms with Crippen LogP contribution in [0.1, 0.15) is 18.4 Å². The molecule has 0 spiro atoms. The molecule has 1 aliphatic rings. The molecule has 0 aliphatic carbocycles. The normalized spacial score (nSPS) is 18.2. The van der Waals surface area contributed by atoms with Gasteiger partial charge in [0.1, 0.15) is 0 Å². The topological polar surface area (TPSA) is 27.0 Å². The predicted octanol–water partition coefficient (Wildman–Crippen LogP) is 3.18. The molecular weight excluding hydrogens is 264 g/mol. The van der Waals surface area contributed by atoms with Gasteiger partial charge in [-0.2, -0.15) is 5.26 Å². The van der Waals surface area contributed by atoms with E-state index in [0.717, 1.165) is 36.9 Å². The second-order valence-corrected chi connectivity index (χ2v) is 5.23. The van der Waals surface area contributed by atoms with E-state index in [4.69, 9.17) is 5.26 Å². The number of likely N-dealkylation sites (tertiary alicyclic amines) is 1. The lowest BCUT2D eigenvalue weighted by Gasteiger charge is -2.29. The molecule has 0 bridgehead atoms. The summed E-state index contributed by atoms with van der Waals surface area (Å²) in [5, 5.41) is 8.83. The maximum atomic E-state index is 8.83. The van der Waals surface area contributed by atoms with E-state index in [1.165, 1.54) is 5.56 Å². The highest BCUT2D eigenvalue weighted by Gasteiger charge is 2.18. The van der Waals surface area contributed by atoms with Crippen LogP contribution in [-0.2, 0) is 6.54 Å². The zero-order valence-electron chi connectivity index (χ0n) is 9.19. The molecule has 1 heterocycles. The molecule has 2 nitrogen and oxygen atoms in total. The van der Waals surface area contributed by atoms with E-state index in [-0.39, 0.29) is 5.92 Å². The van der Waals surface area contributed by atoms with Gasteiger partial charge >= 0.3 is 0 Å². The summed E-state index contributed by atoms with van der Waals surface area (Å²) in [5.41, 5.74) is 1.34. The van der Waals surface area contributed by atoms with Crippen molar-refractivity contribution in [1.29, 1.82) is 5.26 Å². The number of benzene rings is 1. The van der Waals surface area contributed by atoms with E-state index < -0.39 is 0 Å². The molecule has 0 N–H and O–H groups in total. The largest absolute Gasteiger partial charge is 0.299 e. The summed E-state index contributed by atoms with van der Waals surface area (Å²) >= 11 is 3.49. The third-order valence-electron chi connectivity index (χ3n) is 3.07. The van der Waals surface area contributed by atoms with Crippen LogP contribution >= 0.6 is 15.9 Å². The first-order chi connectivity index (χ1) is 7.78. The minimum Gasteiger partial charge on any atom is -0.299 e. The number of rotatable bonds is 2. The Morgan fingerprint density at radius 2 is 2.12 bits per heavy atom. The van der Waals surface area contributed by atoms with Gasteiger partial charge in [0.25, 0.3) is 0 Å². The molecule has 0 saturated carbocycles. The summed E-state index contributed by atoms with van der Waals surface area (Å²) in [5.74, 6) is 0.277. The van der Waals surface area contributed by atoms with Crippen molar-refractivity contribution in [2.75, 3.05) is 13.1 Å². The Kier molecular flexibility index (Phi) is 3.98. The van der Waals surface area contributed by atoms with Crippen LogP contribution in [0.5, 0.6) is 0 Å². The second kappa shape index (κ2) is 5.47. The summed E-state index contributed by atoms with van der Waals surface area (Å²) in [4.78, 5) is 2.43. The number of hydrogen-bond donors (Lipinski definition) is 0. The Morgan fingerprint density at radius 3 is 2.75 bits per heavy atom. The second-order valence-electron chi connectivity index (χ2n) is 4.31. The van der Waals surface area contributed by atoms with Crippen LogP contribution in [-0.4, -0.2) is 18.0 Å². The molecule has 1 aliphatic heterocycles. The van der Waals surface area contributed by atoms with Crippen molar-refractivity contribution in [3.8, 4) is 6.07 Å². The van der Waals surface area contributed by atoms with Crippen LogP contribution in [0.3, 0.4) is 0 Å². The van der Waals surface area contributed by atoms with Crippen LogP contribution < -0.4 is 0 Å². The van der Waals surface area contributed by atoms with Gasteiger partial charge in [0, 0.05) is 16.9 Å². The molecule has 84 valence electrons. The number of piperidine rings is 1. The SMILES string of the molecule is N#CC1CCN(Cc2cccc(Br)c2)CC1. The van der Waals surface area contributed by atoms with E-state index in [0.29, 0.717) is 0 Å². The van der Waals surface area contributed by atoms with Gasteiger partial charge < -0.3 is 0 Å². The highest BCUT2D eigenvalue weighted by Crippen LogP contribution is 2.19. The minimum atomic E-state index is 0.277. The average molecular weight is 279 g/mol. The number of nitrogens with zero attached hydrogens (tertiary/aromatic N) is 2. The van der Waals surface area contributed by atoms with Crippen LogP contribution in [0.4, 0.5) is 0 Å². The molecule has 3 heteroatoms. The molecule has 2 rings (SSSR count). The number of hydrogen-bond acceptors (Lipinski definition) is 2. The van der Waals surface area contributed by atoms with E-state index in [2.05, 4.69) is 45.1 Å². The average Bonchev–Trinajstić information content (AvgIpc) is 2.30. The van der Waals surface area contributed by atoms with E-state index in [1.807, 2.05) is 6.07 Å². The van der Waals surface area contributed by atoms with Gasteiger partial charge in [-0.05, 0) is 43.6 Å². The minimum absolute atomic E-state index is 0.277. The Hall–Kier alpha value is -0.850. The smallest absolute Gasteiger partial charge is 0.0656 e. The summed E-state index contributed by atoms with van der Waals surface area (Å²) in [6.07, 6.45) is 2.04. The fourth-order valence-electron chi connectivity index (χ4n) is 2.11. The molecule has 1 aromatic carbocycles. The van der Waals surface area contributed by atoms with Crippen molar-refractivity contribution in [3.63, 3.8) is 0 Å². The highest BCUT2D eigenvalue weighted by molar-refractivity contribution is 9.10. The summed E-state index contributed by atoms with van der Waals surface area (Å²) < 4.78 is 1.14. The van der Waals surface area contributed by atoms with Crippen molar-refractivity contribution >= 4 is 15.9 Å². The molecule has 1 aromatic rings. The fourth-order valence-corrected chi connectivity index (χ4v) is 2.56. The molecule has 0 radical (unpaired) electrons. The first-order valence-corrected chi connectivity index (χ1v) is 6.43. The molecule has 1 fully saturated rings. The molecule has 0 aromatic heterocycles. The van der Waals surface area contributed by atoms with Crippen molar-refractivity contribution < 1.29 is 0 Å². The van der Waals surface area contributed by atoms with E-state index in [1.54, 1.807) is 0 Å². The Bertz CT molecular complexity index is 389. The standard InChI is InChI=1S/C13H15BrN2/c14-13-3-1-2-12(8-13)10-16-6-4-11(9-15)5-7-16/h1-3,8,11H,4-7,10H2. The van der Waals surface area contributed by atoms with Gasteiger partial charge in [-0.3, -0.25) is 4.90 Å². The fraction of sp³-hybridized carbons (Fsp3) is 0.462. The molecular formula is C13H15BrN2. The zero-order chi connectivity index (χ0) is 11.4. The van der Waals surface area contributed by atoms with Gasteiger partial charge in [0.05, 0.1) is 6.07 Å². The Balaban J connectivity index is 1.90. The molecule has 0 atom stereocenters. The van der Waals surface area contributed by atoms with Crippen LogP contribution in [0.25, 0.3) is 0 Å². The Labute approximate surface area is 105 Å². The first-order valence-electron chi connectivity index (χ1n) is 5.64. The first kappa shape index (κ1) is 11.6. The van der Waals surface area contributed by atoms with E-state index >= 15 is 0 Å². The zero-order valence-corrected chi connectivity index (χ0v) is 10.8. The van der Waals surface area contributed by atoms with Gasteiger partial charge in [-0.1, -0.05) is 28.1 Å². The lowest BCUT2D eigenvalue weighted by atomic mass is 9.98. The van der Waals surface area contributed by atoms with Crippen LogP contribution in [0, 0.1) is 17.2 Å². The van der Waals surface area contributed by atoms with Crippen molar-refractivity contribution in [3.05, 3.63) is 34.3 Å².